The summed E-state index contributed by atoms with van der Waals surface area (Å²) in [7, 11) is 3.91. The van der Waals surface area contributed by atoms with Crippen LogP contribution >= 0.6 is 15.9 Å². The Labute approximate surface area is 124 Å². The molecule has 1 aromatic rings. The zero-order valence-corrected chi connectivity index (χ0v) is 13.5. The summed E-state index contributed by atoms with van der Waals surface area (Å²) in [4.78, 5) is 2.43. The molecule has 2 atom stereocenters. The van der Waals surface area contributed by atoms with E-state index in [4.69, 9.17) is 4.74 Å². The topological polar surface area (TPSA) is 24.5 Å². The largest absolute Gasteiger partial charge is 0.495 e. The van der Waals surface area contributed by atoms with Crippen molar-refractivity contribution in [2.45, 2.75) is 25.8 Å². The van der Waals surface area contributed by atoms with Gasteiger partial charge in [0.15, 0.2) is 0 Å². The van der Waals surface area contributed by atoms with Crippen molar-refractivity contribution in [1.29, 1.82) is 0 Å². The highest BCUT2D eigenvalue weighted by atomic mass is 79.9. The number of piperidine rings is 1. The average Bonchev–Trinajstić information content (AvgIpc) is 2.41. The summed E-state index contributed by atoms with van der Waals surface area (Å²) >= 11 is 3.48. The van der Waals surface area contributed by atoms with Crippen LogP contribution in [-0.2, 0) is 0 Å². The molecule has 2 unspecified atom stereocenters. The Hall–Kier alpha value is -0.740. The van der Waals surface area contributed by atoms with Crippen LogP contribution in [0.5, 0.6) is 5.75 Å². The quantitative estimate of drug-likeness (QED) is 0.914. The van der Waals surface area contributed by atoms with Gasteiger partial charge in [-0.15, -0.1) is 0 Å². The summed E-state index contributed by atoms with van der Waals surface area (Å²) in [6, 6.07) is 6.65. The predicted molar refractivity (Wildman–Crippen MR) is 84.0 cm³/mol. The number of nitrogens with zero attached hydrogens (tertiary/aromatic N) is 1. The molecule has 1 aromatic carbocycles. The Bertz CT molecular complexity index is 425. The third-order valence-corrected chi connectivity index (χ3v) is 4.57. The third-order valence-electron chi connectivity index (χ3n) is 3.91. The highest BCUT2D eigenvalue weighted by Gasteiger charge is 2.22. The molecule has 1 saturated heterocycles. The van der Waals surface area contributed by atoms with Gasteiger partial charge in [0.1, 0.15) is 5.75 Å². The van der Waals surface area contributed by atoms with Crippen molar-refractivity contribution in [3.8, 4) is 5.75 Å². The van der Waals surface area contributed by atoms with Crippen LogP contribution in [0.15, 0.2) is 22.7 Å². The van der Waals surface area contributed by atoms with Crippen molar-refractivity contribution in [1.82, 2.24) is 4.90 Å². The van der Waals surface area contributed by atoms with Crippen LogP contribution in [-0.4, -0.2) is 38.2 Å². The molecule has 1 N–H and O–H groups in total. The Balaban J connectivity index is 1.99. The van der Waals surface area contributed by atoms with Crippen LogP contribution in [0.4, 0.5) is 5.69 Å². The van der Waals surface area contributed by atoms with Gasteiger partial charge in [0.2, 0.25) is 0 Å². The van der Waals surface area contributed by atoms with E-state index in [1.807, 2.05) is 12.1 Å². The first-order valence-corrected chi connectivity index (χ1v) is 7.68. The van der Waals surface area contributed by atoms with Crippen molar-refractivity contribution >= 4 is 21.6 Å². The second kappa shape index (κ2) is 6.62. The Morgan fingerprint density at radius 1 is 1.47 bits per heavy atom. The average molecular weight is 327 g/mol. The van der Waals surface area contributed by atoms with Gasteiger partial charge in [-0.25, -0.2) is 0 Å². The standard InChI is InChI=1S/C15H23BrN2O/c1-11(12-5-4-8-18(2)10-12)17-13-6-7-14(16)15(9-13)19-3/h6-7,9,11-12,17H,4-5,8,10H2,1-3H3. The van der Waals surface area contributed by atoms with Gasteiger partial charge < -0.3 is 15.0 Å². The predicted octanol–water partition coefficient (Wildman–Crippen LogP) is 3.60. The van der Waals surface area contributed by atoms with Gasteiger partial charge in [-0.05, 0) is 67.3 Å². The zero-order valence-electron chi connectivity index (χ0n) is 11.9. The maximum absolute atomic E-state index is 5.33. The lowest BCUT2D eigenvalue weighted by Gasteiger charge is -2.34. The summed E-state index contributed by atoms with van der Waals surface area (Å²) in [5, 5.41) is 3.61. The van der Waals surface area contributed by atoms with Crippen molar-refractivity contribution in [3.63, 3.8) is 0 Å². The molecule has 1 fully saturated rings. The molecule has 0 bridgehead atoms. The molecule has 106 valence electrons. The second-order valence-corrected chi connectivity index (χ2v) is 6.30. The molecular formula is C15H23BrN2O. The van der Waals surface area contributed by atoms with Crippen molar-refractivity contribution in [3.05, 3.63) is 22.7 Å². The number of anilines is 1. The number of rotatable bonds is 4. The first-order valence-electron chi connectivity index (χ1n) is 6.88. The van der Waals surface area contributed by atoms with Crippen molar-refractivity contribution in [2.75, 3.05) is 32.6 Å². The van der Waals surface area contributed by atoms with E-state index in [2.05, 4.69) is 46.2 Å². The lowest BCUT2D eigenvalue weighted by Crippen LogP contribution is -2.39. The van der Waals surface area contributed by atoms with Crippen LogP contribution in [0.2, 0.25) is 0 Å². The number of ether oxygens (including phenoxy) is 1. The number of hydrogen-bond donors (Lipinski definition) is 1. The first-order chi connectivity index (χ1) is 9.10. The molecule has 0 aromatic heterocycles. The van der Waals surface area contributed by atoms with E-state index in [0.717, 1.165) is 15.9 Å². The van der Waals surface area contributed by atoms with E-state index >= 15 is 0 Å². The molecule has 0 amide bonds. The SMILES string of the molecule is COc1cc(NC(C)C2CCCN(C)C2)ccc1Br. The molecule has 0 spiro atoms. The lowest BCUT2D eigenvalue weighted by atomic mass is 9.92. The van der Waals surface area contributed by atoms with E-state index in [0.29, 0.717) is 12.0 Å². The zero-order chi connectivity index (χ0) is 13.8. The van der Waals surface area contributed by atoms with E-state index < -0.39 is 0 Å². The van der Waals surface area contributed by atoms with Gasteiger partial charge in [-0.2, -0.15) is 0 Å². The van der Waals surface area contributed by atoms with Crippen molar-refractivity contribution < 1.29 is 4.74 Å². The van der Waals surface area contributed by atoms with Gasteiger partial charge in [-0.3, -0.25) is 0 Å². The minimum Gasteiger partial charge on any atom is -0.495 e. The summed E-state index contributed by atoms with van der Waals surface area (Å²) in [6.07, 6.45) is 2.61. The monoisotopic (exact) mass is 326 g/mol. The number of nitrogens with one attached hydrogen (secondary N) is 1. The number of likely N-dealkylation sites (tertiary alicyclic amines) is 1. The van der Waals surface area contributed by atoms with Crippen LogP contribution in [0, 0.1) is 5.92 Å². The van der Waals surface area contributed by atoms with Crippen LogP contribution < -0.4 is 10.1 Å². The lowest BCUT2D eigenvalue weighted by molar-refractivity contribution is 0.197. The number of hydrogen-bond acceptors (Lipinski definition) is 3. The Morgan fingerprint density at radius 2 is 2.26 bits per heavy atom. The fourth-order valence-corrected chi connectivity index (χ4v) is 3.15. The molecule has 4 heteroatoms. The number of benzene rings is 1. The molecular weight excluding hydrogens is 304 g/mol. The van der Waals surface area contributed by atoms with Crippen LogP contribution in [0.1, 0.15) is 19.8 Å². The molecule has 1 aliphatic rings. The van der Waals surface area contributed by atoms with E-state index in [1.165, 1.54) is 25.9 Å². The molecule has 19 heavy (non-hydrogen) atoms. The van der Waals surface area contributed by atoms with Crippen molar-refractivity contribution in [2.24, 2.45) is 5.92 Å². The van der Waals surface area contributed by atoms with Gasteiger partial charge in [0.05, 0.1) is 11.6 Å². The van der Waals surface area contributed by atoms with Gasteiger partial charge in [0.25, 0.3) is 0 Å². The third kappa shape index (κ3) is 3.86. The minimum absolute atomic E-state index is 0.480. The molecule has 0 radical (unpaired) electrons. The van der Waals surface area contributed by atoms with Crippen LogP contribution in [0.25, 0.3) is 0 Å². The normalized spacial score (nSPS) is 22.0. The molecule has 1 heterocycles. The summed E-state index contributed by atoms with van der Waals surface area (Å²) < 4.78 is 6.33. The minimum atomic E-state index is 0.480. The van der Waals surface area contributed by atoms with E-state index in [1.54, 1.807) is 7.11 Å². The maximum atomic E-state index is 5.33. The fraction of sp³-hybridized carbons (Fsp3) is 0.600. The summed E-state index contributed by atoms with van der Waals surface area (Å²) in [6.45, 7) is 4.69. The highest BCUT2D eigenvalue weighted by Crippen LogP contribution is 2.29. The van der Waals surface area contributed by atoms with E-state index in [-0.39, 0.29) is 0 Å². The highest BCUT2D eigenvalue weighted by molar-refractivity contribution is 9.10. The van der Waals surface area contributed by atoms with Gasteiger partial charge in [0, 0.05) is 24.3 Å². The fourth-order valence-electron chi connectivity index (χ4n) is 2.74. The number of halogens is 1. The Morgan fingerprint density at radius 3 is 2.95 bits per heavy atom. The maximum Gasteiger partial charge on any atom is 0.135 e. The van der Waals surface area contributed by atoms with E-state index in [9.17, 15) is 0 Å². The molecule has 0 aliphatic carbocycles. The molecule has 0 saturated carbocycles. The van der Waals surface area contributed by atoms with Gasteiger partial charge >= 0.3 is 0 Å². The van der Waals surface area contributed by atoms with Gasteiger partial charge in [-0.1, -0.05) is 0 Å². The second-order valence-electron chi connectivity index (χ2n) is 5.45. The molecule has 2 rings (SSSR count). The smallest absolute Gasteiger partial charge is 0.135 e. The summed E-state index contributed by atoms with van der Waals surface area (Å²) in [5.74, 6) is 1.59. The first kappa shape index (κ1) is 14.7. The summed E-state index contributed by atoms with van der Waals surface area (Å²) in [5.41, 5.74) is 1.13. The molecule has 3 nitrogen and oxygen atoms in total. The van der Waals surface area contributed by atoms with Crippen LogP contribution in [0.3, 0.4) is 0 Å². The number of methoxy groups -OCH3 is 1. The molecule has 1 aliphatic heterocycles. The Kier molecular flexibility index (Phi) is 5.11.